The smallest absolute Gasteiger partial charge is 0.331 e. The number of hydrogen-bond donors (Lipinski definition) is 4. The average molecular weight is 635 g/mol. The lowest BCUT2D eigenvalue weighted by molar-refractivity contribution is -0.284. The molecule has 4 saturated carbocycles. The molecule has 12 unspecified atom stereocenters. The number of fused-ring (bicyclic) bond motifs is 7. The van der Waals surface area contributed by atoms with Gasteiger partial charge in [-0.05, 0) is 103 Å². The van der Waals surface area contributed by atoms with E-state index in [4.69, 9.17) is 4.74 Å². The summed E-state index contributed by atoms with van der Waals surface area (Å²) in [5.41, 5.74) is -3.12. The number of carboxylic acid groups (broad SMARTS) is 1. The predicted molar refractivity (Wildman–Crippen MR) is 176 cm³/mol. The fourth-order valence-electron chi connectivity index (χ4n) is 12.3. The highest BCUT2D eigenvalue weighted by Crippen LogP contribution is 2.76. The third-order valence-corrected chi connectivity index (χ3v) is 15.0. The van der Waals surface area contributed by atoms with Crippen LogP contribution in [0.2, 0.25) is 0 Å². The lowest BCUT2D eigenvalue weighted by Gasteiger charge is -2.74. The maximum absolute atomic E-state index is 13.0. The Kier molecular flexibility index (Phi) is 7.73. The minimum absolute atomic E-state index is 0.0534. The fourth-order valence-corrected chi connectivity index (χ4v) is 12.3. The Hall–Kier alpha value is -2.64. The highest BCUT2D eigenvalue weighted by atomic mass is 16.6. The van der Waals surface area contributed by atoms with Gasteiger partial charge in [0.15, 0.2) is 0 Å². The van der Waals surface area contributed by atoms with Gasteiger partial charge in [0.05, 0.1) is 17.1 Å². The van der Waals surface area contributed by atoms with Crippen molar-refractivity contribution in [3.8, 4) is 5.75 Å². The van der Waals surface area contributed by atoms with E-state index in [1.54, 1.807) is 30.3 Å². The minimum Gasteiger partial charge on any atom is -0.508 e. The Labute approximate surface area is 274 Å². The summed E-state index contributed by atoms with van der Waals surface area (Å²) in [5.74, 6) is -0.886. The molecule has 5 aliphatic carbocycles. The van der Waals surface area contributed by atoms with E-state index in [-0.39, 0.29) is 40.3 Å². The van der Waals surface area contributed by atoms with E-state index in [9.17, 15) is 30.0 Å². The number of aliphatic hydroxyl groups excluding tert-OH is 1. The molecule has 12 atom stereocenters. The SMILES string of the molecule is CC1CCC2(C(=O)O)CCC3(C)C(O)(C=CC4C5(C)CC(O)C(OC(=O)C=Cc6ccc(O)cc6)C(C)(C)C5CCC43C)C2C1C. The van der Waals surface area contributed by atoms with Crippen molar-refractivity contribution in [2.75, 3.05) is 0 Å². The molecule has 46 heavy (non-hydrogen) atoms. The van der Waals surface area contributed by atoms with Crippen LogP contribution in [0, 0.1) is 56.7 Å². The Morgan fingerprint density at radius 1 is 0.957 bits per heavy atom. The van der Waals surface area contributed by atoms with E-state index in [2.05, 4.69) is 54.5 Å². The van der Waals surface area contributed by atoms with E-state index >= 15 is 0 Å². The minimum atomic E-state index is -1.25. The van der Waals surface area contributed by atoms with Gasteiger partial charge in [0, 0.05) is 22.8 Å². The summed E-state index contributed by atoms with van der Waals surface area (Å²) in [6.45, 7) is 15.4. The maximum atomic E-state index is 13.0. The van der Waals surface area contributed by atoms with Crippen molar-refractivity contribution in [3.63, 3.8) is 0 Å². The largest absolute Gasteiger partial charge is 0.508 e. The lowest BCUT2D eigenvalue weighted by Crippen LogP contribution is -2.74. The van der Waals surface area contributed by atoms with Crippen LogP contribution in [0.3, 0.4) is 0 Å². The molecule has 7 nitrogen and oxygen atoms in total. The van der Waals surface area contributed by atoms with E-state index in [0.29, 0.717) is 31.6 Å². The second-order valence-electron chi connectivity index (χ2n) is 17.2. The summed E-state index contributed by atoms with van der Waals surface area (Å²) in [6.07, 6.45) is 10.6. The van der Waals surface area contributed by atoms with Gasteiger partial charge in [-0.2, -0.15) is 0 Å². The van der Waals surface area contributed by atoms with E-state index in [0.717, 1.165) is 24.8 Å². The van der Waals surface area contributed by atoms with Gasteiger partial charge in [-0.3, -0.25) is 4.79 Å². The zero-order valence-corrected chi connectivity index (χ0v) is 28.6. The van der Waals surface area contributed by atoms with Crippen molar-refractivity contribution >= 4 is 18.0 Å². The number of rotatable bonds is 4. The summed E-state index contributed by atoms with van der Waals surface area (Å²) < 4.78 is 6.02. The fraction of sp³-hybridized carbons (Fsp3) is 0.692. The molecular weight excluding hydrogens is 580 g/mol. The monoisotopic (exact) mass is 634 g/mol. The first-order chi connectivity index (χ1) is 21.4. The van der Waals surface area contributed by atoms with Crippen LogP contribution in [0.5, 0.6) is 5.75 Å². The number of hydrogen-bond acceptors (Lipinski definition) is 6. The van der Waals surface area contributed by atoms with Crippen molar-refractivity contribution in [3.05, 3.63) is 48.1 Å². The molecule has 0 heterocycles. The van der Waals surface area contributed by atoms with Crippen molar-refractivity contribution in [2.45, 2.75) is 111 Å². The third-order valence-electron chi connectivity index (χ3n) is 15.0. The van der Waals surface area contributed by atoms with E-state index in [1.165, 1.54) is 6.08 Å². The molecule has 0 aromatic heterocycles. The highest BCUT2D eigenvalue weighted by Gasteiger charge is 2.75. The number of carbonyl (C=O) groups is 2. The predicted octanol–water partition coefficient (Wildman–Crippen LogP) is 7.00. The summed E-state index contributed by atoms with van der Waals surface area (Å²) in [4.78, 5) is 26.0. The Morgan fingerprint density at radius 2 is 1.63 bits per heavy atom. The number of aliphatic hydroxyl groups is 2. The molecule has 0 saturated heterocycles. The first-order valence-electron chi connectivity index (χ1n) is 17.4. The number of aliphatic carboxylic acids is 1. The molecule has 5 aliphatic rings. The number of phenols is 1. The average Bonchev–Trinajstić information content (AvgIpc) is 2.97. The molecular formula is C39H54O7. The molecule has 0 spiro atoms. The highest BCUT2D eigenvalue weighted by molar-refractivity contribution is 5.87. The van der Waals surface area contributed by atoms with Crippen molar-refractivity contribution < 1.29 is 34.8 Å². The number of ether oxygens (including phenoxy) is 1. The Morgan fingerprint density at radius 3 is 2.28 bits per heavy atom. The van der Waals surface area contributed by atoms with Crippen LogP contribution in [0.25, 0.3) is 6.08 Å². The maximum Gasteiger partial charge on any atom is 0.331 e. The zero-order chi connectivity index (χ0) is 33.7. The summed E-state index contributed by atoms with van der Waals surface area (Å²) in [7, 11) is 0. The zero-order valence-electron chi connectivity index (χ0n) is 28.6. The van der Waals surface area contributed by atoms with Crippen LogP contribution in [-0.2, 0) is 14.3 Å². The second-order valence-corrected chi connectivity index (χ2v) is 17.2. The normalized spacial score (nSPS) is 47.6. The van der Waals surface area contributed by atoms with Gasteiger partial charge in [0.1, 0.15) is 11.9 Å². The van der Waals surface area contributed by atoms with Crippen LogP contribution in [0.4, 0.5) is 0 Å². The topological polar surface area (TPSA) is 124 Å². The Balaban J connectivity index is 1.32. The number of phenolic OH excluding ortho intramolecular Hbond substituents is 1. The first-order valence-corrected chi connectivity index (χ1v) is 17.4. The summed E-state index contributed by atoms with van der Waals surface area (Å²) in [5, 5.41) is 45.0. The molecule has 0 aliphatic heterocycles. The number of carboxylic acids is 1. The van der Waals surface area contributed by atoms with Gasteiger partial charge in [-0.25, -0.2) is 4.79 Å². The molecule has 252 valence electrons. The molecule has 7 heteroatoms. The van der Waals surface area contributed by atoms with Gasteiger partial charge >= 0.3 is 11.9 Å². The van der Waals surface area contributed by atoms with Crippen molar-refractivity contribution in [1.82, 2.24) is 0 Å². The van der Waals surface area contributed by atoms with Gasteiger partial charge in [0.25, 0.3) is 0 Å². The summed E-state index contributed by atoms with van der Waals surface area (Å²) >= 11 is 0. The summed E-state index contributed by atoms with van der Waals surface area (Å²) in [6, 6.07) is 6.55. The number of benzene rings is 1. The van der Waals surface area contributed by atoms with Crippen molar-refractivity contribution in [1.29, 1.82) is 0 Å². The molecule has 4 fully saturated rings. The number of esters is 1. The number of allylic oxidation sites excluding steroid dienone is 1. The quantitative estimate of drug-likeness (QED) is 0.160. The van der Waals surface area contributed by atoms with Gasteiger partial charge in [-0.1, -0.05) is 72.8 Å². The number of carbonyl (C=O) groups excluding carboxylic acids is 1. The Bertz CT molecular complexity index is 1450. The van der Waals surface area contributed by atoms with E-state index < -0.39 is 46.0 Å². The standard InChI is InChI=1S/C39H54O7/c1-23-14-18-38(33(43)44)21-20-37(7)36(6)17-15-28-34(3,4)32(46-30(42)13-10-25-8-11-26(40)12-9-25)27(41)22-35(28,5)29(36)16-19-39(37,45)31(38)24(23)2/h8-13,16,19,23-24,27-29,31-32,40-41,45H,14-15,17-18,20-22H2,1-7H3,(H,43,44). The van der Waals surface area contributed by atoms with Gasteiger partial charge < -0.3 is 25.2 Å². The van der Waals surface area contributed by atoms with Crippen LogP contribution >= 0.6 is 0 Å². The van der Waals surface area contributed by atoms with Crippen LogP contribution in [0.1, 0.15) is 99.0 Å². The van der Waals surface area contributed by atoms with E-state index in [1.807, 2.05) is 6.08 Å². The van der Waals surface area contributed by atoms with Gasteiger partial charge in [-0.15, -0.1) is 0 Å². The van der Waals surface area contributed by atoms with Gasteiger partial charge in [0.2, 0.25) is 0 Å². The van der Waals surface area contributed by atoms with Crippen LogP contribution in [-0.4, -0.2) is 50.2 Å². The first kappa shape index (κ1) is 33.3. The lowest BCUT2D eigenvalue weighted by atomic mass is 9.31. The molecule has 4 N–H and O–H groups in total. The molecule has 6 rings (SSSR count). The second kappa shape index (κ2) is 10.7. The molecule has 0 radical (unpaired) electrons. The van der Waals surface area contributed by atoms with Crippen LogP contribution in [0.15, 0.2) is 42.5 Å². The number of aromatic hydroxyl groups is 1. The molecule has 0 amide bonds. The molecule has 0 bridgehead atoms. The third kappa shape index (κ3) is 4.36. The van der Waals surface area contributed by atoms with Crippen LogP contribution < -0.4 is 0 Å². The van der Waals surface area contributed by atoms with Crippen molar-refractivity contribution in [2.24, 2.45) is 56.7 Å². The molecule has 1 aromatic rings. The molecule has 1 aromatic carbocycles.